The van der Waals surface area contributed by atoms with Gasteiger partial charge in [0.1, 0.15) is 11.3 Å². The second kappa shape index (κ2) is 7.68. The number of imidazole rings is 1. The number of nitrogens with one attached hydrogen (secondary N) is 1. The van der Waals surface area contributed by atoms with Crippen LogP contribution in [-0.4, -0.2) is 55.1 Å². The SMILES string of the molecule is CN(C)CCCc1nc2nc[nH]c2c2nc(-c3ccc(-c4ccccc4)cc3)nn12. The lowest BCUT2D eigenvalue weighted by Gasteiger charge is -2.09. The first-order valence-corrected chi connectivity index (χ1v) is 10.1. The Morgan fingerprint density at radius 3 is 2.40 bits per heavy atom. The van der Waals surface area contributed by atoms with E-state index < -0.39 is 0 Å². The molecule has 0 aliphatic carbocycles. The fraction of sp³-hybridized carbons (Fsp3) is 0.217. The Balaban J connectivity index is 1.53. The van der Waals surface area contributed by atoms with Crippen LogP contribution in [-0.2, 0) is 6.42 Å². The van der Waals surface area contributed by atoms with Gasteiger partial charge in [-0.3, -0.25) is 0 Å². The van der Waals surface area contributed by atoms with Crippen LogP contribution in [0.25, 0.3) is 39.3 Å². The van der Waals surface area contributed by atoms with Crippen molar-refractivity contribution in [3.05, 3.63) is 66.7 Å². The summed E-state index contributed by atoms with van der Waals surface area (Å²) in [4.78, 5) is 19.2. The van der Waals surface area contributed by atoms with Crippen molar-refractivity contribution in [2.75, 3.05) is 20.6 Å². The van der Waals surface area contributed by atoms with Crippen molar-refractivity contribution >= 4 is 16.8 Å². The molecule has 7 heteroatoms. The van der Waals surface area contributed by atoms with Gasteiger partial charge in [0, 0.05) is 12.0 Å². The monoisotopic (exact) mass is 397 g/mol. The zero-order valence-electron chi connectivity index (χ0n) is 17.1. The average molecular weight is 397 g/mol. The second-order valence-electron chi connectivity index (χ2n) is 7.65. The molecule has 150 valence electrons. The predicted molar refractivity (Wildman–Crippen MR) is 118 cm³/mol. The highest BCUT2D eigenvalue weighted by Crippen LogP contribution is 2.25. The standard InChI is InChI=1S/C23H23N7/c1-29(2)14-6-9-19-26-22-20(24-15-25-22)23-27-21(28-30(19)23)18-12-10-17(11-13-18)16-7-4-3-5-8-16/h3-5,7-8,10-13,15H,6,9,14H2,1-2H3,(H,24,25). The summed E-state index contributed by atoms with van der Waals surface area (Å²) in [5, 5.41) is 4.79. The zero-order chi connectivity index (χ0) is 20.5. The molecule has 2 aromatic carbocycles. The molecule has 0 saturated heterocycles. The minimum Gasteiger partial charge on any atom is -0.340 e. The largest absolute Gasteiger partial charge is 0.340 e. The van der Waals surface area contributed by atoms with Gasteiger partial charge in [-0.1, -0.05) is 54.6 Å². The van der Waals surface area contributed by atoms with Gasteiger partial charge in [-0.2, -0.15) is 4.52 Å². The predicted octanol–water partition coefficient (Wildman–Crippen LogP) is 3.83. The molecule has 7 nitrogen and oxygen atoms in total. The lowest BCUT2D eigenvalue weighted by Crippen LogP contribution is -2.15. The van der Waals surface area contributed by atoms with Gasteiger partial charge in [0.2, 0.25) is 0 Å². The van der Waals surface area contributed by atoms with Crippen LogP contribution in [0, 0.1) is 0 Å². The summed E-state index contributed by atoms with van der Waals surface area (Å²) in [5.74, 6) is 1.57. The van der Waals surface area contributed by atoms with E-state index in [4.69, 9.17) is 15.1 Å². The quantitative estimate of drug-likeness (QED) is 0.471. The molecule has 30 heavy (non-hydrogen) atoms. The number of nitrogens with zero attached hydrogens (tertiary/aromatic N) is 6. The first-order valence-electron chi connectivity index (χ1n) is 10.1. The van der Waals surface area contributed by atoms with E-state index in [1.54, 1.807) is 6.33 Å². The number of hydrogen-bond donors (Lipinski definition) is 1. The molecule has 3 heterocycles. The lowest BCUT2D eigenvalue weighted by molar-refractivity contribution is 0.398. The highest BCUT2D eigenvalue weighted by Gasteiger charge is 2.16. The number of benzene rings is 2. The van der Waals surface area contributed by atoms with E-state index in [1.165, 1.54) is 11.1 Å². The normalized spacial score (nSPS) is 11.7. The lowest BCUT2D eigenvalue weighted by atomic mass is 10.0. The molecule has 0 bridgehead atoms. The highest BCUT2D eigenvalue weighted by atomic mass is 15.3. The summed E-state index contributed by atoms with van der Waals surface area (Å²) in [5.41, 5.74) is 5.60. The molecule has 5 aromatic rings. The molecule has 0 aliphatic heterocycles. The van der Waals surface area contributed by atoms with E-state index in [2.05, 4.69) is 65.4 Å². The van der Waals surface area contributed by atoms with Gasteiger partial charge >= 0.3 is 0 Å². The summed E-state index contributed by atoms with van der Waals surface area (Å²) >= 11 is 0. The Kier molecular flexibility index (Phi) is 4.72. The molecule has 0 radical (unpaired) electrons. The summed E-state index contributed by atoms with van der Waals surface area (Å²) in [6.45, 7) is 0.990. The van der Waals surface area contributed by atoms with Crippen LogP contribution in [0.15, 0.2) is 60.9 Å². The van der Waals surface area contributed by atoms with Crippen LogP contribution in [0.5, 0.6) is 0 Å². The number of rotatable bonds is 6. The van der Waals surface area contributed by atoms with E-state index in [9.17, 15) is 0 Å². The summed E-state index contributed by atoms with van der Waals surface area (Å²) in [7, 11) is 4.15. The Morgan fingerprint density at radius 1 is 0.900 bits per heavy atom. The maximum atomic E-state index is 4.82. The third-order valence-corrected chi connectivity index (χ3v) is 5.19. The van der Waals surface area contributed by atoms with Crippen LogP contribution in [0.1, 0.15) is 12.2 Å². The van der Waals surface area contributed by atoms with E-state index in [-0.39, 0.29) is 0 Å². The van der Waals surface area contributed by atoms with Gasteiger partial charge in [-0.25, -0.2) is 15.0 Å². The van der Waals surface area contributed by atoms with Crippen molar-refractivity contribution in [3.8, 4) is 22.5 Å². The Morgan fingerprint density at radius 2 is 1.63 bits per heavy atom. The number of fused-ring (bicyclic) bond motifs is 3. The Labute approximate surface area is 174 Å². The number of hydrogen-bond acceptors (Lipinski definition) is 5. The number of aromatic nitrogens is 6. The molecule has 3 aromatic heterocycles. The number of aryl methyl sites for hydroxylation is 1. The van der Waals surface area contributed by atoms with Gasteiger partial charge in [0.15, 0.2) is 17.1 Å². The highest BCUT2D eigenvalue weighted by molar-refractivity contribution is 5.85. The molecule has 0 saturated carbocycles. The van der Waals surface area contributed by atoms with Crippen LogP contribution in [0.4, 0.5) is 0 Å². The smallest absolute Gasteiger partial charge is 0.185 e. The molecule has 0 atom stereocenters. The van der Waals surface area contributed by atoms with Crippen LogP contribution in [0.3, 0.4) is 0 Å². The maximum Gasteiger partial charge on any atom is 0.185 e. The fourth-order valence-electron chi connectivity index (χ4n) is 3.64. The van der Waals surface area contributed by atoms with Crippen molar-refractivity contribution < 1.29 is 0 Å². The minimum absolute atomic E-state index is 0.681. The van der Waals surface area contributed by atoms with Crippen molar-refractivity contribution in [2.24, 2.45) is 0 Å². The third kappa shape index (κ3) is 3.44. The fourth-order valence-corrected chi connectivity index (χ4v) is 3.64. The van der Waals surface area contributed by atoms with Crippen molar-refractivity contribution in [1.82, 2.24) is 34.4 Å². The number of H-pyrrole nitrogens is 1. The van der Waals surface area contributed by atoms with Crippen LogP contribution < -0.4 is 0 Å². The van der Waals surface area contributed by atoms with E-state index in [1.807, 2.05) is 22.7 Å². The molecule has 0 fully saturated rings. The molecule has 0 spiro atoms. The summed E-state index contributed by atoms with van der Waals surface area (Å²) in [6.07, 6.45) is 3.46. The average Bonchev–Trinajstić information content (AvgIpc) is 3.41. The van der Waals surface area contributed by atoms with Crippen molar-refractivity contribution in [3.63, 3.8) is 0 Å². The zero-order valence-corrected chi connectivity index (χ0v) is 17.1. The van der Waals surface area contributed by atoms with E-state index in [0.717, 1.165) is 41.9 Å². The topological polar surface area (TPSA) is 75.0 Å². The molecular formula is C23H23N7. The minimum atomic E-state index is 0.681. The number of aromatic amines is 1. The third-order valence-electron chi connectivity index (χ3n) is 5.19. The molecular weight excluding hydrogens is 374 g/mol. The Bertz CT molecular complexity index is 1280. The first-order chi connectivity index (χ1) is 14.7. The maximum absolute atomic E-state index is 4.82. The van der Waals surface area contributed by atoms with Gasteiger partial charge in [-0.15, -0.1) is 5.10 Å². The molecule has 0 aliphatic rings. The van der Waals surface area contributed by atoms with Gasteiger partial charge in [0.05, 0.1) is 6.33 Å². The van der Waals surface area contributed by atoms with Gasteiger partial charge < -0.3 is 9.88 Å². The van der Waals surface area contributed by atoms with Crippen LogP contribution in [0.2, 0.25) is 0 Å². The summed E-state index contributed by atoms with van der Waals surface area (Å²) < 4.78 is 1.86. The second-order valence-corrected chi connectivity index (χ2v) is 7.65. The first kappa shape index (κ1) is 18.4. The van der Waals surface area contributed by atoms with E-state index in [0.29, 0.717) is 11.5 Å². The summed E-state index contributed by atoms with van der Waals surface area (Å²) in [6, 6.07) is 18.7. The van der Waals surface area contributed by atoms with Crippen molar-refractivity contribution in [1.29, 1.82) is 0 Å². The molecule has 0 amide bonds. The molecule has 1 N–H and O–H groups in total. The van der Waals surface area contributed by atoms with Crippen LogP contribution >= 0.6 is 0 Å². The van der Waals surface area contributed by atoms with Gasteiger partial charge in [-0.05, 0) is 38.2 Å². The molecule has 0 unspecified atom stereocenters. The van der Waals surface area contributed by atoms with Crippen molar-refractivity contribution in [2.45, 2.75) is 12.8 Å². The Hall–Kier alpha value is -3.58. The molecule has 5 rings (SSSR count). The van der Waals surface area contributed by atoms with Gasteiger partial charge in [0.25, 0.3) is 0 Å². The van der Waals surface area contributed by atoms with E-state index >= 15 is 0 Å².